The van der Waals surface area contributed by atoms with E-state index in [1.54, 1.807) is 0 Å². The van der Waals surface area contributed by atoms with Crippen molar-refractivity contribution in [3.8, 4) is 39.3 Å². The second-order valence-corrected chi connectivity index (χ2v) is 14.4. The van der Waals surface area contributed by atoms with Gasteiger partial charge < -0.3 is 13.4 Å². The van der Waals surface area contributed by atoms with Gasteiger partial charge in [-0.3, -0.25) is 0 Å². The van der Waals surface area contributed by atoms with Crippen LogP contribution in [0.3, 0.4) is 0 Å². The Labute approximate surface area is 315 Å². The van der Waals surface area contributed by atoms with Gasteiger partial charge in [0.1, 0.15) is 22.5 Å². The van der Waals surface area contributed by atoms with E-state index >= 15 is 0 Å². The first-order chi connectivity index (χ1) is 27.3. The minimum atomic E-state index is 0.834. The highest BCUT2D eigenvalue weighted by Crippen LogP contribution is 2.49. The van der Waals surface area contributed by atoms with Gasteiger partial charge in [-0.15, -0.1) is 0 Å². The molecule has 55 heavy (non-hydrogen) atoms. The first-order valence-corrected chi connectivity index (χ1v) is 18.8. The molecule has 0 aliphatic rings. The molecule has 0 saturated heterocycles. The molecule has 256 valence electrons. The van der Waals surface area contributed by atoms with Gasteiger partial charge in [0.15, 0.2) is 0 Å². The Kier molecular flexibility index (Phi) is 6.34. The molecule has 0 fully saturated rings. The van der Waals surface area contributed by atoms with E-state index in [0.717, 1.165) is 61.0 Å². The maximum Gasteiger partial charge on any atom is 0.147 e. The average Bonchev–Trinajstić information content (AvgIpc) is 3.95. The Morgan fingerprint density at radius 1 is 0.364 bits per heavy atom. The molecule has 12 aromatic rings. The first kappa shape index (κ1) is 30.1. The number of hydrogen-bond donors (Lipinski definition) is 0. The summed E-state index contributed by atoms with van der Waals surface area (Å²) in [6.45, 7) is 0. The minimum absolute atomic E-state index is 0.834. The maximum atomic E-state index is 6.84. The van der Waals surface area contributed by atoms with Crippen molar-refractivity contribution in [3.63, 3.8) is 0 Å². The Morgan fingerprint density at radius 3 is 1.67 bits per heavy atom. The third-order valence-electron chi connectivity index (χ3n) is 11.4. The highest BCUT2D eigenvalue weighted by molar-refractivity contribution is 6.28. The van der Waals surface area contributed by atoms with Gasteiger partial charge in [0.25, 0.3) is 0 Å². The summed E-state index contributed by atoms with van der Waals surface area (Å²) in [5, 5.41) is 10.3. The summed E-state index contributed by atoms with van der Waals surface area (Å²) in [7, 11) is 0. The van der Waals surface area contributed by atoms with Crippen LogP contribution in [0.5, 0.6) is 0 Å². The van der Waals surface area contributed by atoms with Gasteiger partial charge in [0.05, 0.1) is 16.4 Å². The fourth-order valence-corrected chi connectivity index (χ4v) is 9.03. The molecule has 3 aromatic heterocycles. The van der Waals surface area contributed by atoms with Crippen molar-refractivity contribution in [2.45, 2.75) is 0 Å². The smallest absolute Gasteiger partial charge is 0.147 e. The van der Waals surface area contributed by atoms with Crippen molar-refractivity contribution in [2.24, 2.45) is 0 Å². The molecule has 0 spiro atoms. The Balaban J connectivity index is 1.17. The molecule has 3 nitrogen and oxygen atoms in total. The van der Waals surface area contributed by atoms with Crippen molar-refractivity contribution < 1.29 is 8.83 Å². The third kappa shape index (κ3) is 4.38. The zero-order valence-corrected chi connectivity index (χ0v) is 29.7. The van der Waals surface area contributed by atoms with Crippen LogP contribution >= 0.6 is 0 Å². The third-order valence-corrected chi connectivity index (χ3v) is 11.4. The van der Waals surface area contributed by atoms with E-state index in [1.165, 1.54) is 54.5 Å². The second-order valence-electron chi connectivity index (χ2n) is 14.4. The van der Waals surface area contributed by atoms with Crippen LogP contribution in [-0.4, -0.2) is 4.57 Å². The zero-order chi connectivity index (χ0) is 36.0. The van der Waals surface area contributed by atoms with Crippen LogP contribution in [0.4, 0.5) is 0 Å². The zero-order valence-electron chi connectivity index (χ0n) is 29.7. The summed E-state index contributed by atoms with van der Waals surface area (Å²) in [6, 6.07) is 67.2. The molecule has 0 bridgehead atoms. The van der Waals surface area contributed by atoms with E-state index in [1.807, 2.05) is 12.1 Å². The van der Waals surface area contributed by atoms with Crippen LogP contribution in [-0.2, 0) is 0 Å². The molecule has 0 atom stereocenters. The molecule has 3 heteroatoms. The van der Waals surface area contributed by atoms with E-state index < -0.39 is 0 Å². The van der Waals surface area contributed by atoms with E-state index in [4.69, 9.17) is 8.83 Å². The monoisotopic (exact) mass is 701 g/mol. The van der Waals surface area contributed by atoms with Crippen LogP contribution in [0.1, 0.15) is 0 Å². The van der Waals surface area contributed by atoms with Crippen molar-refractivity contribution in [1.29, 1.82) is 0 Å². The van der Waals surface area contributed by atoms with Crippen LogP contribution in [0.15, 0.2) is 197 Å². The van der Waals surface area contributed by atoms with E-state index in [9.17, 15) is 0 Å². The topological polar surface area (TPSA) is 31.2 Å². The number of fused-ring (bicyclic) bond motifs is 10. The van der Waals surface area contributed by atoms with E-state index in [2.05, 4.69) is 180 Å². The van der Waals surface area contributed by atoms with Gasteiger partial charge in [0, 0.05) is 43.9 Å². The van der Waals surface area contributed by atoms with Gasteiger partial charge >= 0.3 is 0 Å². The van der Waals surface area contributed by atoms with Crippen molar-refractivity contribution in [3.05, 3.63) is 188 Å². The summed E-state index contributed by atoms with van der Waals surface area (Å²) in [4.78, 5) is 0. The van der Waals surface area contributed by atoms with Crippen LogP contribution in [0.25, 0.3) is 116 Å². The Morgan fingerprint density at radius 2 is 0.945 bits per heavy atom. The number of aromatic nitrogens is 1. The molecule has 0 N–H and O–H groups in total. The standard InChI is InChI=1S/C52H31NO2/c1-3-15-32(16-4-1)47-31-34-30-43(52-50(51(34)55-47)41-24-12-14-26-46(41)54-52)49-39-22-9-7-20-37(39)48(38-21-8-10-23-40(38)49)33-27-28-45-42(29-33)36-19-11-13-25-44(36)53(45)35-17-5-2-6-18-35/h1-31H. The predicted molar refractivity (Wildman–Crippen MR) is 229 cm³/mol. The molecule has 0 amide bonds. The van der Waals surface area contributed by atoms with Gasteiger partial charge in [-0.25, -0.2) is 0 Å². The summed E-state index contributed by atoms with van der Waals surface area (Å²) in [5.41, 5.74) is 11.7. The molecular formula is C52H31NO2. The minimum Gasteiger partial charge on any atom is -0.455 e. The average molecular weight is 702 g/mol. The normalized spacial score (nSPS) is 12.0. The number of benzene rings is 9. The van der Waals surface area contributed by atoms with Crippen LogP contribution in [0, 0.1) is 0 Å². The Hall–Kier alpha value is -7.36. The molecule has 3 heterocycles. The second kappa shape index (κ2) is 11.6. The van der Waals surface area contributed by atoms with Crippen molar-refractivity contribution in [1.82, 2.24) is 4.57 Å². The molecular weight excluding hydrogens is 671 g/mol. The molecule has 0 aliphatic heterocycles. The quantitative estimate of drug-likeness (QED) is 0.171. The highest BCUT2D eigenvalue weighted by Gasteiger charge is 2.24. The SMILES string of the molecule is c1ccc(-c2cc3cc(-c4c5ccccc5c(-c5ccc6c(c5)c5ccccc5n6-c5ccccc5)c5ccccc45)c4oc5ccccc5c4c3o2)cc1. The number of hydrogen-bond acceptors (Lipinski definition) is 2. The van der Waals surface area contributed by atoms with Crippen molar-refractivity contribution in [2.75, 3.05) is 0 Å². The number of para-hydroxylation sites is 3. The predicted octanol–water partition coefficient (Wildman–Crippen LogP) is 14.7. The molecule has 12 rings (SSSR count). The number of nitrogens with zero attached hydrogens (tertiary/aromatic N) is 1. The molecule has 0 aliphatic carbocycles. The summed E-state index contributed by atoms with van der Waals surface area (Å²) >= 11 is 0. The lowest BCUT2D eigenvalue weighted by Gasteiger charge is -2.18. The molecule has 0 radical (unpaired) electrons. The lowest BCUT2D eigenvalue weighted by molar-refractivity contribution is 0.633. The van der Waals surface area contributed by atoms with Gasteiger partial charge in [0.2, 0.25) is 0 Å². The Bertz CT molecular complexity index is 3420. The summed E-state index contributed by atoms with van der Waals surface area (Å²) < 4.78 is 15.9. The highest BCUT2D eigenvalue weighted by atomic mass is 16.3. The van der Waals surface area contributed by atoms with E-state index in [0.29, 0.717) is 0 Å². The van der Waals surface area contributed by atoms with Gasteiger partial charge in [-0.1, -0.05) is 140 Å². The van der Waals surface area contributed by atoms with Crippen molar-refractivity contribution >= 4 is 76.3 Å². The lowest BCUT2D eigenvalue weighted by Crippen LogP contribution is -1.93. The number of rotatable bonds is 4. The molecule has 0 saturated carbocycles. The summed E-state index contributed by atoms with van der Waals surface area (Å²) in [5.74, 6) is 0.841. The lowest BCUT2D eigenvalue weighted by atomic mass is 9.85. The van der Waals surface area contributed by atoms with Crippen LogP contribution < -0.4 is 0 Å². The fraction of sp³-hybridized carbons (Fsp3) is 0. The van der Waals surface area contributed by atoms with Gasteiger partial charge in [-0.2, -0.15) is 0 Å². The van der Waals surface area contributed by atoms with E-state index in [-0.39, 0.29) is 0 Å². The van der Waals surface area contributed by atoms with Crippen LogP contribution in [0.2, 0.25) is 0 Å². The summed E-state index contributed by atoms with van der Waals surface area (Å²) in [6.07, 6.45) is 0. The van der Waals surface area contributed by atoms with Gasteiger partial charge in [-0.05, 0) is 81.2 Å². The largest absolute Gasteiger partial charge is 0.455 e. The first-order valence-electron chi connectivity index (χ1n) is 18.8. The number of furan rings is 2. The fourth-order valence-electron chi connectivity index (χ4n) is 9.03. The molecule has 0 unspecified atom stereocenters. The molecule has 9 aromatic carbocycles. The maximum absolute atomic E-state index is 6.84.